The number of aryl methyl sites for hydroxylation is 1. The Hall–Kier alpha value is -1.07. The van der Waals surface area contributed by atoms with E-state index >= 15 is 0 Å². The van der Waals surface area contributed by atoms with Crippen LogP contribution in [0.1, 0.15) is 38.1 Å². The van der Waals surface area contributed by atoms with E-state index in [4.69, 9.17) is 5.73 Å². The first-order valence-corrected chi connectivity index (χ1v) is 5.98. The van der Waals surface area contributed by atoms with E-state index in [-0.39, 0.29) is 29.8 Å². The van der Waals surface area contributed by atoms with Crippen molar-refractivity contribution in [3.05, 3.63) is 18.0 Å². The summed E-state index contributed by atoms with van der Waals surface area (Å²) in [5, 5.41) is 7.06. The molecule has 0 aliphatic heterocycles. The van der Waals surface area contributed by atoms with Crippen molar-refractivity contribution in [3.63, 3.8) is 0 Å². The molecule has 0 aromatic carbocycles. The Bertz CT molecular complexity index is 391. The van der Waals surface area contributed by atoms with Gasteiger partial charge in [0.2, 0.25) is 0 Å². The van der Waals surface area contributed by atoms with Gasteiger partial charge in [-0.2, -0.15) is 5.10 Å². The second kappa shape index (κ2) is 6.75. The van der Waals surface area contributed by atoms with Gasteiger partial charge in [-0.15, -0.1) is 12.4 Å². The average Bonchev–Trinajstić information content (AvgIpc) is 2.77. The van der Waals surface area contributed by atoms with E-state index in [2.05, 4.69) is 10.4 Å². The molecule has 0 bridgehead atoms. The van der Waals surface area contributed by atoms with Crippen LogP contribution in [-0.4, -0.2) is 27.8 Å². The van der Waals surface area contributed by atoms with Crippen LogP contribution in [0.25, 0.3) is 0 Å². The number of aromatic nitrogens is 2. The van der Waals surface area contributed by atoms with Crippen LogP contribution >= 0.6 is 12.4 Å². The van der Waals surface area contributed by atoms with Gasteiger partial charge in [0.25, 0.3) is 5.91 Å². The van der Waals surface area contributed by atoms with Gasteiger partial charge in [0, 0.05) is 19.3 Å². The Balaban J connectivity index is 0.00000289. The maximum Gasteiger partial charge on any atom is 0.254 e. The van der Waals surface area contributed by atoms with Crippen molar-refractivity contribution in [1.82, 2.24) is 15.1 Å². The van der Waals surface area contributed by atoms with Crippen LogP contribution in [0.4, 0.5) is 0 Å². The Morgan fingerprint density at radius 1 is 1.61 bits per heavy atom. The monoisotopic (exact) mass is 274 g/mol. The molecule has 1 aromatic heterocycles. The van der Waals surface area contributed by atoms with E-state index in [0.29, 0.717) is 12.1 Å². The van der Waals surface area contributed by atoms with Gasteiger partial charge in [0.05, 0.1) is 17.3 Å². The van der Waals surface area contributed by atoms with Gasteiger partial charge in [-0.1, -0.05) is 13.8 Å². The van der Waals surface area contributed by atoms with Crippen molar-refractivity contribution in [2.75, 3.05) is 6.54 Å². The lowest BCUT2D eigenvalue weighted by atomic mass is 9.88. The third-order valence-corrected chi connectivity index (χ3v) is 3.32. The van der Waals surface area contributed by atoms with Gasteiger partial charge < -0.3 is 11.1 Å². The summed E-state index contributed by atoms with van der Waals surface area (Å²) in [6.07, 6.45) is 3.32. The third kappa shape index (κ3) is 3.71. The molecule has 1 heterocycles. The number of rotatable bonds is 5. The van der Waals surface area contributed by atoms with Crippen LogP contribution in [0.5, 0.6) is 0 Å². The standard InChI is InChI=1S/C12H22N4O.ClH/c1-5-16-7-10(6-14-16)11(17)15-12(4,8-13)9(2)3;/h6-7,9H,5,8,13H2,1-4H3,(H,15,17);1H. The Morgan fingerprint density at radius 3 is 2.61 bits per heavy atom. The topological polar surface area (TPSA) is 72.9 Å². The molecule has 0 aliphatic carbocycles. The summed E-state index contributed by atoms with van der Waals surface area (Å²) < 4.78 is 1.73. The molecule has 1 rings (SSSR count). The van der Waals surface area contributed by atoms with Gasteiger partial charge in [0.1, 0.15) is 0 Å². The smallest absolute Gasteiger partial charge is 0.254 e. The minimum atomic E-state index is -0.384. The van der Waals surface area contributed by atoms with Crippen molar-refractivity contribution in [2.45, 2.75) is 39.8 Å². The number of nitrogens with zero attached hydrogens (tertiary/aromatic N) is 2. The van der Waals surface area contributed by atoms with Crippen LogP contribution in [0.3, 0.4) is 0 Å². The number of hydrogen-bond acceptors (Lipinski definition) is 3. The summed E-state index contributed by atoms with van der Waals surface area (Å²) in [4.78, 5) is 12.0. The molecule has 0 aliphatic rings. The number of hydrogen-bond donors (Lipinski definition) is 2. The maximum atomic E-state index is 12.0. The second-order valence-electron chi connectivity index (χ2n) is 4.82. The number of amides is 1. The molecular formula is C12H23ClN4O. The molecule has 1 unspecified atom stereocenters. The van der Waals surface area contributed by atoms with Gasteiger partial charge >= 0.3 is 0 Å². The molecule has 0 saturated carbocycles. The third-order valence-electron chi connectivity index (χ3n) is 3.32. The number of carbonyl (C=O) groups is 1. The first-order chi connectivity index (χ1) is 7.92. The fraction of sp³-hybridized carbons (Fsp3) is 0.667. The zero-order valence-corrected chi connectivity index (χ0v) is 12.3. The molecule has 18 heavy (non-hydrogen) atoms. The average molecular weight is 275 g/mol. The summed E-state index contributed by atoms with van der Waals surface area (Å²) in [7, 11) is 0. The molecule has 1 amide bonds. The lowest BCUT2D eigenvalue weighted by Gasteiger charge is -2.33. The predicted octanol–water partition coefficient (Wildman–Crippen LogP) is 1.43. The molecule has 6 heteroatoms. The fourth-order valence-electron chi connectivity index (χ4n) is 1.42. The molecule has 0 saturated heterocycles. The SMILES string of the molecule is CCn1cc(C(=O)NC(C)(CN)C(C)C)cn1.Cl. The molecule has 3 N–H and O–H groups in total. The lowest BCUT2D eigenvalue weighted by Crippen LogP contribution is -2.54. The van der Waals surface area contributed by atoms with E-state index in [1.165, 1.54) is 0 Å². The number of nitrogens with one attached hydrogen (secondary N) is 1. The van der Waals surface area contributed by atoms with Crippen LogP contribution in [0.2, 0.25) is 0 Å². The largest absolute Gasteiger partial charge is 0.345 e. The Morgan fingerprint density at radius 2 is 2.22 bits per heavy atom. The summed E-state index contributed by atoms with van der Waals surface area (Å²) in [5.74, 6) is 0.157. The summed E-state index contributed by atoms with van der Waals surface area (Å²) in [6.45, 7) is 9.20. The zero-order valence-electron chi connectivity index (χ0n) is 11.4. The van der Waals surface area contributed by atoms with Gasteiger partial charge in [0.15, 0.2) is 0 Å². The highest BCUT2D eigenvalue weighted by atomic mass is 35.5. The molecule has 1 atom stereocenters. The molecular weight excluding hydrogens is 252 g/mol. The number of halogens is 1. The van der Waals surface area contributed by atoms with E-state index in [0.717, 1.165) is 6.54 Å². The summed E-state index contributed by atoms with van der Waals surface area (Å²) >= 11 is 0. The Labute approximate surface area is 115 Å². The first kappa shape index (κ1) is 16.9. The summed E-state index contributed by atoms with van der Waals surface area (Å²) in [5.41, 5.74) is 5.92. The highest BCUT2D eigenvalue weighted by molar-refractivity contribution is 5.94. The number of carbonyl (C=O) groups excluding carboxylic acids is 1. The Kier molecular flexibility index (Phi) is 6.35. The molecule has 0 fully saturated rings. The van der Waals surface area contributed by atoms with E-state index < -0.39 is 0 Å². The van der Waals surface area contributed by atoms with E-state index in [1.54, 1.807) is 17.1 Å². The quantitative estimate of drug-likeness (QED) is 0.853. The molecule has 104 valence electrons. The molecule has 0 spiro atoms. The highest BCUT2D eigenvalue weighted by Crippen LogP contribution is 2.15. The first-order valence-electron chi connectivity index (χ1n) is 5.98. The van der Waals surface area contributed by atoms with Crippen LogP contribution in [-0.2, 0) is 6.54 Å². The van der Waals surface area contributed by atoms with Gasteiger partial charge in [-0.05, 0) is 19.8 Å². The predicted molar refractivity (Wildman–Crippen MR) is 74.9 cm³/mol. The summed E-state index contributed by atoms with van der Waals surface area (Å²) in [6, 6.07) is 0. The minimum absolute atomic E-state index is 0. The van der Waals surface area contributed by atoms with Crippen molar-refractivity contribution < 1.29 is 4.79 Å². The highest BCUT2D eigenvalue weighted by Gasteiger charge is 2.29. The van der Waals surface area contributed by atoms with Gasteiger partial charge in [-0.3, -0.25) is 9.48 Å². The van der Waals surface area contributed by atoms with Crippen molar-refractivity contribution >= 4 is 18.3 Å². The zero-order chi connectivity index (χ0) is 13.1. The number of nitrogens with two attached hydrogens (primary N) is 1. The van der Waals surface area contributed by atoms with Gasteiger partial charge in [-0.25, -0.2) is 0 Å². The van der Waals surface area contributed by atoms with Crippen LogP contribution in [0, 0.1) is 5.92 Å². The molecule has 5 nitrogen and oxygen atoms in total. The van der Waals surface area contributed by atoms with E-state index in [1.807, 2.05) is 27.7 Å². The minimum Gasteiger partial charge on any atom is -0.345 e. The normalized spacial score (nSPS) is 13.9. The fourth-order valence-corrected chi connectivity index (χ4v) is 1.42. The van der Waals surface area contributed by atoms with Crippen LogP contribution in [0.15, 0.2) is 12.4 Å². The second-order valence-corrected chi connectivity index (χ2v) is 4.82. The van der Waals surface area contributed by atoms with Crippen molar-refractivity contribution in [1.29, 1.82) is 0 Å². The lowest BCUT2D eigenvalue weighted by molar-refractivity contribution is 0.0883. The van der Waals surface area contributed by atoms with Crippen molar-refractivity contribution in [2.24, 2.45) is 11.7 Å². The molecule has 0 radical (unpaired) electrons. The molecule has 1 aromatic rings. The van der Waals surface area contributed by atoms with Crippen molar-refractivity contribution in [3.8, 4) is 0 Å². The van der Waals surface area contributed by atoms with E-state index in [9.17, 15) is 4.79 Å². The van der Waals surface area contributed by atoms with Crippen LogP contribution < -0.4 is 11.1 Å². The maximum absolute atomic E-state index is 12.0.